The summed E-state index contributed by atoms with van der Waals surface area (Å²) in [5, 5.41) is 5.97. The summed E-state index contributed by atoms with van der Waals surface area (Å²) in [5.41, 5.74) is 0.464. The van der Waals surface area contributed by atoms with Gasteiger partial charge in [-0.25, -0.2) is 13.1 Å². The number of rotatable bonds is 3. The minimum Gasteiger partial charge on any atom is -0.266 e. The quantitative estimate of drug-likeness (QED) is 0.692. The number of nitrogens with one attached hydrogen (secondary N) is 2. The molecule has 0 aliphatic carbocycles. The predicted octanol–water partition coefficient (Wildman–Crippen LogP) is 0.0566. The van der Waals surface area contributed by atoms with Gasteiger partial charge in [0.1, 0.15) is 0 Å². The summed E-state index contributed by atoms with van der Waals surface area (Å²) in [6, 6.07) is 0. The van der Waals surface area contributed by atoms with Crippen molar-refractivity contribution in [1.29, 1.82) is 0 Å². The highest BCUT2D eigenvalue weighted by Gasteiger charge is 2.17. The summed E-state index contributed by atoms with van der Waals surface area (Å²) in [6.45, 7) is 0. The van der Waals surface area contributed by atoms with Gasteiger partial charge in [-0.2, -0.15) is 5.10 Å². The zero-order valence-corrected chi connectivity index (χ0v) is 7.91. The number of hydrogen-bond acceptors (Lipinski definition) is 3. The molecule has 68 valence electrons. The van der Waals surface area contributed by atoms with Crippen LogP contribution in [0.15, 0.2) is 11.2 Å². The third-order valence-corrected chi connectivity index (χ3v) is 3.08. The number of halogens is 1. The summed E-state index contributed by atoms with van der Waals surface area (Å²) in [7, 11) is -2.12. The molecule has 0 aliphatic rings. The van der Waals surface area contributed by atoms with Crippen LogP contribution in [0.2, 0.25) is 0 Å². The number of aromatic nitrogens is 2. The van der Waals surface area contributed by atoms with Gasteiger partial charge >= 0.3 is 0 Å². The number of aromatic amines is 1. The minimum absolute atomic E-state index is 0.0278. The second-order valence-electron chi connectivity index (χ2n) is 2.07. The van der Waals surface area contributed by atoms with Crippen molar-refractivity contribution in [2.75, 3.05) is 7.05 Å². The molecule has 1 heterocycles. The summed E-state index contributed by atoms with van der Waals surface area (Å²) >= 11 is 5.48. The fourth-order valence-corrected chi connectivity index (χ4v) is 1.86. The molecule has 0 spiro atoms. The van der Waals surface area contributed by atoms with E-state index >= 15 is 0 Å². The molecule has 0 amide bonds. The lowest BCUT2D eigenvalue weighted by molar-refractivity contribution is 0.583. The van der Waals surface area contributed by atoms with Crippen LogP contribution in [0.25, 0.3) is 0 Å². The fraction of sp³-hybridized carbons (Fsp3) is 0.400. The summed E-state index contributed by atoms with van der Waals surface area (Å²) < 4.78 is 24.6. The van der Waals surface area contributed by atoms with Crippen LogP contribution in [0.5, 0.6) is 0 Å². The first kappa shape index (κ1) is 9.50. The highest BCUT2D eigenvalue weighted by molar-refractivity contribution is 7.89. The van der Waals surface area contributed by atoms with E-state index in [1.165, 1.54) is 13.2 Å². The van der Waals surface area contributed by atoms with E-state index in [4.69, 9.17) is 11.6 Å². The Balaban J connectivity index is 3.19. The average molecular weight is 210 g/mol. The molecule has 2 N–H and O–H groups in total. The standard InChI is InChI=1S/C5H8ClN3O2S/c1-7-12(10,11)5-4(2-6)3-8-9-5/h3,7H,2H2,1H3,(H,8,9). The smallest absolute Gasteiger partial charge is 0.257 e. The molecule has 5 nitrogen and oxygen atoms in total. The van der Waals surface area contributed by atoms with E-state index in [9.17, 15) is 8.42 Å². The van der Waals surface area contributed by atoms with Crippen molar-refractivity contribution in [2.45, 2.75) is 10.9 Å². The molecule has 0 saturated heterocycles. The zero-order valence-electron chi connectivity index (χ0n) is 6.33. The van der Waals surface area contributed by atoms with E-state index < -0.39 is 10.0 Å². The number of alkyl halides is 1. The van der Waals surface area contributed by atoms with Gasteiger partial charge in [0.15, 0.2) is 5.03 Å². The fourth-order valence-electron chi connectivity index (χ4n) is 0.729. The molecule has 1 rings (SSSR count). The summed E-state index contributed by atoms with van der Waals surface area (Å²) in [4.78, 5) is 0. The normalized spacial score (nSPS) is 11.8. The zero-order chi connectivity index (χ0) is 9.19. The van der Waals surface area contributed by atoms with Crippen molar-refractivity contribution in [3.05, 3.63) is 11.8 Å². The Morgan fingerprint density at radius 3 is 2.92 bits per heavy atom. The van der Waals surface area contributed by atoms with Crippen LogP contribution in [0.4, 0.5) is 0 Å². The number of sulfonamides is 1. The molecule has 0 unspecified atom stereocenters. The van der Waals surface area contributed by atoms with Crippen molar-refractivity contribution in [3.63, 3.8) is 0 Å². The SMILES string of the molecule is CNS(=O)(=O)c1[nH]ncc1CCl. The molecule has 0 saturated carbocycles. The van der Waals surface area contributed by atoms with Crippen LogP contribution in [0, 0.1) is 0 Å². The van der Waals surface area contributed by atoms with E-state index in [2.05, 4.69) is 14.9 Å². The first-order chi connectivity index (χ1) is 5.61. The molecule has 0 radical (unpaired) electrons. The number of nitrogens with zero attached hydrogens (tertiary/aromatic N) is 1. The van der Waals surface area contributed by atoms with Crippen LogP contribution in [0.3, 0.4) is 0 Å². The molecule has 12 heavy (non-hydrogen) atoms. The predicted molar refractivity (Wildman–Crippen MR) is 44.4 cm³/mol. The van der Waals surface area contributed by atoms with Crippen LogP contribution in [-0.4, -0.2) is 25.7 Å². The lowest BCUT2D eigenvalue weighted by Gasteiger charge is -1.99. The Hall–Kier alpha value is -0.590. The van der Waals surface area contributed by atoms with Gasteiger partial charge in [-0.05, 0) is 7.05 Å². The van der Waals surface area contributed by atoms with Crippen LogP contribution in [0.1, 0.15) is 5.56 Å². The van der Waals surface area contributed by atoms with Crippen molar-refractivity contribution in [3.8, 4) is 0 Å². The van der Waals surface area contributed by atoms with Gasteiger partial charge in [0.05, 0.1) is 12.1 Å². The van der Waals surface area contributed by atoms with Gasteiger partial charge in [0.25, 0.3) is 10.0 Å². The van der Waals surface area contributed by atoms with Gasteiger partial charge in [0, 0.05) is 5.56 Å². The van der Waals surface area contributed by atoms with Crippen molar-refractivity contribution in [1.82, 2.24) is 14.9 Å². The third-order valence-electron chi connectivity index (χ3n) is 1.36. The molecular weight excluding hydrogens is 202 g/mol. The van der Waals surface area contributed by atoms with Crippen LogP contribution in [-0.2, 0) is 15.9 Å². The summed E-state index contributed by atoms with van der Waals surface area (Å²) in [6.07, 6.45) is 1.39. The van der Waals surface area contributed by atoms with Gasteiger partial charge in [-0.3, -0.25) is 5.10 Å². The van der Waals surface area contributed by atoms with Gasteiger partial charge in [-0.15, -0.1) is 11.6 Å². The maximum absolute atomic E-state index is 11.2. The Bertz CT molecular complexity index is 359. The first-order valence-electron chi connectivity index (χ1n) is 3.13. The highest BCUT2D eigenvalue weighted by Crippen LogP contribution is 2.12. The van der Waals surface area contributed by atoms with Gasteiger partial charge in [-0.1, -0.05) is 0 Å². The van der Waals surface area contributed by atoms with Crippen molar-refractivity contribution in [2.24, 2.45) is 0 Å². The molecule has 1 aromatic heterocycles. The molecule has 0 aromatic carbocycles. The number of H-pyrrole nitrogens is 1. The van der Waals surface area contributed by atoms with E-state index in [1.54, 1.807) is 0 Å². The van der Waals surface area contributed by atoms with E-state index in [0.717, 1.165) is 0 Å². The maximum Gasteiger partial charge on any atom is 0.257 e. The van der Waals surface area contributed by atoms with Crippen molar-refractivity contribution < 1.29 is 8.42 Å². The monoisotopic (exact) mass is 209 g/mol. The first-order valence-corrected chi connectivity index (χ1v) is 5.15. The van der Waals surface area contributed by atoms with Crippen molar-refractivity contribution >= 4 is 21.6 Å². The largest absolute Gasteiger partial charge is 0.266 e. The Kier molecular flexibility index (Phi) is 2.71. The van der Waals surface area contributed by atoms with E-state index in [1.807, 2.05) is 0 Å². The lowest BCUT2D eigenvalue weighted by atomic mass is 10.4. The molecule has 0 aliphatic heterocycles. The van der Waals surface area contributed by atoms with E-state index in [0.29, 0.717) is 5.56 Å². The average Bonchev–Trinajstić information content (AvgIpc) is 2.52. The van der Waals surface area contributed by atoms with Gasteiger partial charge in [0.2, 0.25) is 0 Å². The molecule has 0 bridgehead atoms. The Morgan fingerprint density at radius 1 is 1.75 bits per heavy atom. The Morgan fingerprint density at radius 2 is 2.42 bits per heavy atom. The molecule has 7 heteroatoms. The molecule has 0 atom stereocenters. The second-order valence-corrected chi connectivity index (χ2v) is 4.16. The molecular formula is C5H8ClN3O2S. The third kappa shape index (κ3) is 1.60. The highest BCUT2D eigenvalue weighted by atomic mass is 35.5. The van der Waals surface area contributed by atoms with Crippen LogP contribution >= 0.6 is 11.6 Å². The molecule has 0 fully saturated rings. The molecule has 1 aromatic rings. The van der Waals surface area contributed by atoms with Gasteiger partial charge < -0.3 is 0 Å². The van der Waals surface area contributed by atoms with E-state index in [-0.39, 0.29) is 10.9 Å². The minimum atomic E-state index is -3.45. The van der Waals surface area contributed by atoms with Crippen LogP contribution < -0.4 is 4.72 Å². The Labute approximate surface area is 75.2 Å². The topological polar surface area (TPSA) is 74.8 Å². The second kappa shape index (κ2) is 3.42. The lowest BCUT2D eigenvalue weighted by Crippen LogP contribution is -2.20. The summed E-state index contributed by atoms with van der Waals surface area (Å²) in [5.74, 6) is 0.118. The maximum atomic E-state index is 11.2. The number of hydrogen-bond donors (Lipinski definition) is 2.